The van der Waals surface area contributed by atoms with E-state index >= 15 is 0 Å². The number of carbonyl (C=O) groups excluding carboxylic acids is 2. The van der Waals surface area contributed by atoms with Crippen molar-refractivity contribution < 1.29 is 22.7 Å². The highest BCUT2D eigenvalue weighted by molar-refractivity contribution is 7.89. The molecule has 0 atom stereocenters. The molecular formula is C23H19ClN2O5S. The van der Waals surface area contributed by atoms with Gasteiger partial charge in [0.05, 0.1) is 23.5 Å². The van der Waals surface area contributed by atoms with Gasteiger partial charge in [0.25, 0.3) is 0 Å². The molecular weight excluding hydrogens is 452 g/mol. The Hall–Kier alpha value is -3.20. The quantitative estimate of drug-likeness (QED) is 0.536. The topological polar surface area (TPSA) is 116 Å². The lowest BCUT2D eigenvalue weighted by molar-refractivity contribution is -0.115. The van der Waals surface area contributed by atoms with Gasteiger partial charge in [-0.15, -0.1) is 0 Å². The minimum atomic E-state index is -3.80. The van der Waals surface area contributed by atoms with Crippen LogP contribution in [0.2, 0.25) is 5.02 Å². The van der Waals surface area contributed by atoms with Crippen molar-refractivity contribution in [1.82, 2.24) is 0 Å². The van der Waals surface area contributed by atoms with Gasteiger partial charge in [-0.1, -0.05) is 17.7 Å². The molecule has 4 rings (SSSR count). The first-order valence-corrected chi connectivity index (χ1v) is 11.6. The first-order chi connectivity index (χ1) is 15.2. The average Bonchev–Trinajstić information content (AvgIpc) is 3.21. The minimum Gasteiger partial charge on any atom is -0.492 e. The number of hydrogen-bond donors (Lipinski definition) is 2. The second kappa shape index (κ2) is 8.74. The third-order valence-electron chi connectivity index (χ3n) is 5.03. The third-order valence-corrected chi connectivity index (χ3v) is 6.21. The summed E-state index contributed by atoms with van der Waals surface area (Å²) < 4.78 is 28.4. The molecule has 1 aliphatic heterocycles. The van der Waals surface area contributed by atoms with Gasteiger partial charge in [-0.3, -0.25) is 9.59 Å². The van der Waals surface area contributed by atoms with E-state index in [-0.39, 0.29) is 23.0 Å². The van der Waals surface area contributed by atoms with Crippen molar-refractivity contribution in [2.24, 2.45) is 5.14 Å². The summed E-state index contributed by atoms with van der Waals surface area (Å²) >= 11 is 5.92. The van der Waals surface area contributed by atoms with Crippen molar-refractivity contribution in [3.05, 3.63) is 87.9 Å². The number of nitrogens with two attached hydrogens (primary N) is 1. The number of sulfonamides is 1. The SMILES string of the molecule is NS(=O)(=O)c1ccc(NC(=O)Cc2cc3c(c(C(=O)c4ccc(Cl)cc4)c2)OCC3)cc1. The van der Waals surface area contributed by atoms with Crippen molar-refractivity contribution in [1.29, 1.82) is 0 Å². The van der Waals surface area contributed by atoms with Crippen molar-refractivity contribution in [2.75, 3.05) is 11.9 Å². The Labute approximate surface area is 190 Å². The van der Waals surface area contributed by atoms with Crippen LogP contribution in [0.15, 0.2) is 65.6 Å². The number of nitrogens with one attached hydrogen (secondary N) is 1. The molecule has 1 aliphatic rings. The smallest absolute Gasteiger partial charge is 0.238 e. The molecule has 0 aliphatic carbocycles. The third kappa shape index (κ3) is 4.83. The number of amides is 1. The van der Waals surface area contributed by atoms with E-state index < -0.39 is 10.0 Å². The monoisotopic (exact) mass is 470 g/mol. The number of rotatable bonds is 6. The number of primary sulfonamides is 1. The Morgan fingerprint density at radius 3 is 2.38 bits per heavy atom. The molecule has 3 aromatic carbocycles. The van der Waals surface area contributed by atoms with Crippen molar-refractivity contribution in [3.8, 4) is 5.75 Å². The number of ketones is 1. The van der Waals surface area contributed by atoms with Crippen molar-refractivity contribution >= 4 is 39.0 Å². The number of fused-ring (bicyclic) bond motifs is 1. The number of halogens is 1. The summed E-state index contributed by atoms with van der Waals surface area (Å²) in [5.74, 6) is 0.0328. The maximum absolute atomic E-state index is 13.1. The number of hydrogen-bond acceptors (Lipinski definition) is 5. The molecule has 7 nitrogen and oxygen atoms in total. The fraction of sp³-hybridized carbons (Fsp3) is 0.130. The fourth-order valence-electron chi connectivity index (χ4n) is 3.52. The molecule has 3 aromatic rings. The summed E-state index contributed by atoms with van der Waals surface area (Å²) in [6.45, 7) is 0.474. The zero-order valence-corrected chi connectivity index (χ0v) is 18.4. The second-order valence-corrected chi connectivity index (χ2v) is 9.36. The van der Waals surface area contributed by atoms with Gasteiger partial charge in [0.15, 0.2) is 5.78 Å². The number of anilines is 1. The van der Waals surface area contributed by atoms with Gasteiger partial charge in [-0.2, -0.15) is 0 Å². The van der Waals surface area contributed by atoms with Gasteiger partial charge >= 0.3 is 0 Å². The maximum Gasteiger partial charge on any atom is 0.238 e. The van der Waals surface area contributed by atoms with Crippen LogP contribution in [-0.2, 0) is 27.7 Å². The van der Waals surface area contributed by atoms with E-state index in [1.165, 1.54) is 24.3 Å². The first-order valence-electron chi connectivity index (χ1n) is 9.72. The molecule has 0 saturated carbocycles. The number of benzene rings is 3. The highest BCUT2D eigenvalue weighted by Crippen LogP contribution is 2.33. The Bertz CT molecular complexity index is 1300. The normalized spacial score (nSPS) is 12.7. The lowest BCUT2D eigenvalue weighted by Gasteiger charge is -2.11. The van der Waals surface area contributed by atoms with Crippen LogP contribution in [0.25, 0.3) is 0 Å². The summed E-state index contributed by atoms with van der Waals surface area (Å²) in [5.41, 5.74) is 2.87. The molecule has 1 amide bonds. The molecule has 0 aromatic heterocycles. The summed E-state index contributed by atoms with van der Waals surface area (Å²) in [4.78, 5) is 25.6. The lowest BCUT2D eigenvalue weighted by atomic mass is 9.96. The Morgan fingerprint density at radius 1 is 1.03 bits per heavy atom. The van der Waals surface area contributed by atoms with E-state index in [0.717, 1.165) is 5.56 Å². The molecule has 0 saturated heterocycles. The van der Waals surface area contributed by atoms with Gasteiger partial charge in [0.1, 0.15) is 5.75 Å². The van der Waals surface area contributed by atoms with E-state index in [2.05, 4.69) is 5.32 Å². The predicted molar refractivity (Wildman–Crippen MR) is 121 cm³/mol. The molecule has 0 spiro atoms. The molecule has 0 fully saturated rings. The van der Waals surface area contributed by atoms with E-state index in [9.17, 15) is 18.0 Å². The molecule has 32 heavy (non-hydrogen) atoms. The fourth-order valence-corrected chi connectivity index (χ4v) is 4.16. The largest absolute Gasteiger partial charge is 0.492 e. The summed E-state index contributed by atoms with van der Waals surface area (Å²) in [5, 5.41) is 8.33. The minimum absolute atomic E-state index is 0.0329. The van der Waals surface area contributed by atoms with Crippen LogP contribution in [0.5, 0.6) is 5.75 Å². The molecule has 0 bridgehead atoms. The molecule has 3 N–H and O–H groups in total. The average molecular weight is 471 g/mol. The van der Waals surface area contributed by atoms with Gasteiger partial charge in [0.2, 0.25) is 15.9 Å². The number of carbonyl (C=O) groups is 2. The van der Waals surface area contributed by atoms with Crippen LogP contribution in [0.3, 0.4) is 0 Å². The van der Waals surface area contributed by atoms with Crippen LogP contribution in [0.1, 0.15) is 27.0 Å². The number of ether oxygens (including phenoxy) is 1. The highest BCUT2D eigenvalue weighted by atomic mass is 35.5. The van der Waals surface area contributed by atoms with Crippen LogP contribution < -0.4 is 15.2 Å². The standard InChI is InChI=1S/C23H19ClN2O5S/c24-17-3-1-15(2-4-17)22(28)20-12-14(11-16-9-10-31-23(16)20)13-21(27)26-18-5-7-19(8-6-18)32(25,29)30/h1-8,11-12H,9-10,13H2,(H,26,27)(H2,25,29,30). The zero-order chi connectivity index (χ0) is 22.9. The summed E-state index contributed by atoms with van der Waals surface area (Å²) in [6, 6.07) is 15.7. The van der Waals surface area contributed by atoms with Gasteiger partial charge < -0.3 is 10.1 Å². The van der Waals surface area contributed by atoms with E-state index in [1.54, 1.807) is 30.3 Å². The van der Waals surface area contributed by atoms with Crippen LogP contribution >= 0.6 is 11.6 Å². The summed E-state index contributed by atoms with van der Waals surface area (Å²) in [6.07, 6.45) is 0.686. The molecule has 0 radical (unpaired) electrons. The van der Waals surface area contributed by atoms with E-state index in [4.69, 9.17) is 21.5 Å². The van der Waals surface area contributed by atoms with Crippen molar-refractivity contribution in [3.63, 3.8) is 0 Å². The van der Waals surface area contributed by atoms with Crippen LogP contribution in [0.4, 0.5) is 5.69 Å². The van der Waals surface area contributed by atoms with Gasteiger partial charge in [-0.25, -0.2) is 13.6 Å². The zero-order valence-electron chi connectivity index (χ0n) is 16.8. The van der Waals surface area contributed by atoms with E-state index in [1.807, 2.05) is 6.07 Å². The molecule has 0 unspecified atom stereocenters. The Kier molecular flexibility index (Phi) is 6.01. The highest BCUT2D eigenvalue weighted by Gasteiger charge is 2.24. The molecule has 9 heteroatoms. The van der Waals surface area contributed by atoms with Crippen molar-refractivity contribution in [2.45, 2.75) is 17.7 Å². The Morgan fingerprint density at radius 2 is 1.72 bits per heavy atom. The summed E-state index contributed by atoms with van der Waals surface area (Å²) in [7, 11) is -3.80. The van der Waals surface area contributed by atoms with Gasteiger partial charge in [0, 0.05) is 22.7 Å². The van der Waals surface area contributed by atoms with Gasteiger partial charge in [-0.05, 0) is 65.7 Å². The lowest BCUT2D eigenvalue weighted by Crippen LogP contribution is -2.16. The maximum atomic E-state index is 13.1. The van der Waals surface area contributed by atoms with Crippen LogP contribution in [-0.4, -0.2) is 26.7 Å². The van der Waals surface area contributed by atoms with E-state index in [0.29, 0.717) is 46.2 Å². The Balaban J connectivity index is 1.55. The first kappa shape index (κ1) is 22.0. The predicted octanol–water partition coefficient (Wildman–Crippen LogP) is 3.33. The molecule has 164 valence electrons. The second-order valence-electron chi connectivity index (χ2n) is 7.36. The van der Waals surface area contributed by atoms with Crippen LogP contribution in [0, 0.1) is 0 Å². The molecule has 1 heterocycles.